The number of nitrogens with zero attached hydrogens (tertiary/aromatic N) is 1. The summed E-state index contributed by atoms with van der Waals surface area (Å²) in [7, 11) is 0. The molecule has 0 saturated heterocycles. The van der Waals surface area contributed by atoms with Crippen molar-refractivity contribution >= 4 is 33.1 Å². The summed E-state index contributed by atoms with van der Waals surface area (Å²) in [4.78, 5) is 12.3. The molecule has 0 unspecified atom stereocenters. The van der Waals surface area contributed by atoms with E-state index >= 15 is 0 Å². The lowest BCUT2D eigenvalue weighted by molar-refractivity contribution is 0.754. The van der Waals surface area contributed by atoms with E-state index in [9.17, 15) is 4.79 Å². The van der Waals surface area contributed by atoms with E-state index in [2.05, 4.69) is 15.9 Å². The number of thiocarbonyl (C=S) groups is 1. The number of hydrogen-bond donors (Lipinski definition) is 1. The van der Waals surface area contributed by atoms with Crippen molar-refractivity contribution in [2.45, 2.75) is 6.54 Å². The van der Waals surface area contributed by atoms with Crippen LogP contribution in [0.25, 0.3) is 0 Å². The summed E-state index contributed by atoms with van der Waals surface area (Å²) in [5.41, 5.74) is 6.78. The van der Waals surface area contributed by atoms with Crippen LogP contribution in [-0.4, -0.2) is 9.56 Å². The quantitative estimate of drug-likeness (QED) is 0.882. The van der Waals surface area contributed by atoms with E-state index in [1.807, 2.05) is 30.3 Å². The van der Waals surface area contributed by atoms with E-state index in [0.717, 1.165) is 10.0 Å². The Morgan fingerprint density at radius 3 is 2.61 bits per heavy atom. The Balaban J connectivity index is 2.46. The zero-order valence-electron chi connectivity index (χ0n) is 9.47. The maximum absolute atomic E-state index is 12.1. The molecule has 5 heteroatoms. The van der Waals surface area contributed by atoms with Crippen LogP contribution < -0.4 is 11.3 Å². The highest BCUT2D eigenvalue weighted by Gasteiger charge is 2.08. The Morgan fingerprint density at radius 1 is 1.33 bits per heavy atom. The summed E-state index contributed by atoms with van der Waals surface area (Å²) >= 11 is 8.23. The number of rotatable bonds is 3. The van der Waals surface area contributed by atoms with Gasteiger partial charge in [0.2, 0.25) is 0 Å². The van der Waals surface area contributed by atoms with Gasteiger partial charge in [0.15, 0.2) is 0 Å². The van der Waals surface area contributed by atoms with Crippen molar-refractivity contribution in [3.63, 3.8) is 0 Å². The molecular weight excluding hydrogens is 312 g/mol. The molecule has 0 spiro atoms. The number of halogens is 1. The number of hydrogen-bond acceptors (Lipinski definition) is 2. The van der Waals surface area contributed by atoms with Crippen LogP contribution in [0.15, 0.2) is 51.9 Å². The van der Waals surface area contributed by atoms with Gasteiger partial charge in [0.1, 0.15) is 4.99 Å². The van der Waals surface area contributed by atoms with Crippen molar-refractivity contribution in [2.75, 3.05) is 0 Å². The molecule has 1 aromatic carbocycles. The van der Waals surface area contributed by atoms with Crippen LogP contribution in [0.5, 0.6) is 0 Å². The van der Waals surface area contributed by atoms with Crippen LogP contribution in [0.3, 0.4) is 0 Å². The number of aromatic nitrogens is 1. The Kier molecular flexibility index (Phi) is 3.93. The molecule has 1 heterocycles. The minimum Gasteiger partial charge on any atom is -0.389 e. The monoisotopic (exact) mass is 322 g/mol. The van der Waals surface area contributed by atoms with Gasteiger partial charge in [-0.05, 0) is 27.6 Å². The van der Waals surface area contributed by atoms with Crippen LogP contribution in [0, 0.1) is 0 Å². The zero-order valence-corrected chi connectivity index (χ0v) is 11.9. The molecule has 0 aliphatic rings. The van der Waals surface area contributed by atoms with Gasteiger partial charge in [0.05, 0.1) is 12.1 Å². The molecule has 0 fully saturated rings. The molecule has 2 N–H and O–H groups in total. The highest BCUT2D eigenvalue weighted by molar-refractivity contribution is 9.10. The maximum Gasteiger partial charge on any atom is 0.261 e. The molecule has 0 bridgehead atoms. The Morgan fingerprint density at radius 2 is 2.00 bits per heavy atom. The van der Waals surface area contributed by atoms with Crippen molar-refractivity contribution in [2.24, 2.45) is 5.73 Å². The standard InChI is InChI=1S/C13H11BrN2OS/c14-10-6-11(12(15)18)13(17)16(8-10)7-9-4-2-1-3-5-9/h1-6,8H,7H2,(H2,15,18). The number of benzene rings is 1. The third-order valence-electron chi connectivity index (χ3n) is 2.51. The predicted octanol–water partition coefficient (Wildman–Crippen LogP) is 2.29. The first-order chi connectivity index (χ1) is 8.58. The molecule has 1 aromatic heterocycles. The van der Waals surface area contributed by atoms with Gasteiger partial charge in [-0.3, -0.25) is 4.79 Å². The van der Waals surface area contributed by atoms with Crippen LogP contribution >= 0.6 is 28.1 Å². The van der Waals surface area contributed by atoms with Crippen molar-refractivity contribution in [3.8, 4) is 0 Å². The largest absolute Gasteiger partial charge is 0.389 e. The molecule has 3 nitrogen and oxygen atoms in total. The van der Waals surface area contributed by atoms with Crippen LogP contribution in [0.4, 0.5) is 0 Å². The first kappa shape index (κ1) is 13.0. The van der Waals surface area contributed by atoms with E-state index in [1.165, 1.54) is 0 Å². The minimum atomic E-state index is -0.172. The highest BCUT2D eigenvalue weighted by atomic mass is 79.9. The second kappa shape index (κ2) is 5.46. The Labute approximate surface area is 118 Å². The Hall–Kier alpha value is -1.46. The fourth-order valence-electron chi connectivity index (χ4n) is 1.67. The van der Waals surface area contributed by atoms with Crippen molar-refractivity contribution in [3.05, 3.63) is 68.5 Å². The lowest BCUT2D eigenvalue weighted by Gasteiger charge is -2.09. The average Bonchev–Trinajstić information content (AvgIpc) is 2.34. The van der Waals surface area contributed by atoms with Crippen LogP contribution in [0.2, 0.25) is 0 Å². The molecular formula is C13H11BrN2OS. The summed E-state index contributed by atoms with van der Waals surface area (Å²) in [6.45, 7) is 0.495. The summed E-state index contributed by atoms with van der Waals surface area (Å²) in [6.07, 6.45) is 1.73. The van der Waals surface area contributed by atoms with Gasteiger partial charge < -0.3 is 10.3 Å². The van der Waals surface area contributed by atoms with Gasteiger partial charge in [0, 0.05) is 10.7 Å². The summed E-state index contributed by atoms with van der Waals surface area (Å²) in [6, 6.07) is 11.4. The van der Waals surface area contributed by atoms with Gasteiger partial charge in [-0.1, -0.05) is 42.5 Å². The van der Waals surface area contributed by atoms with Crippen LogP contribution in [0.1, 0.15) is 11.1 Å². The molecule has 0 aliphatic heterocycles. The van der Waals surface area contributed by atoms with Crippen molar-refractivity contribution in [1.29, 1.82) is 0 Å². The fraction of sp³-hybridized carbons (Fsp3) is 0.0769. The normalized spacial score (nSPS) is 10.3. The molecule has 0 radical (unpaired) electrons. The smallest absolute Gasteiger partial charge is 0.261 e. The highest BCUT2D eigenvalue weighted by Crippen LogP contribution is 2.10. The van der Waals surface area contributed by atoms with E-state index in [1.54, 1.807) is 16.8 Å². The maximum atomic E-state index is 12.1. The van der Waals surface area contributed by atoms with E-state index < -0.39 is 0 Å². The average molecular weight is 323 g/mol. The molecule has 0 atom stereocenters. The second-order valence-corrected chi connectivity index (χ2v) is 5.21. The molecule has 0 amide bonds. The molecule has 0 aliphatic carbocycles. The van der Waals surface area contributed by atoms with Gasteiger partial charge in [0.25, 0.3) is 5.56 Å². The summed E-state index contributed by atoms with van der Waals surface area (Å²) < 4.78 is 2.37. The molecule has 2 rings (SSSR count). The molecule has 2 aromatic rings. The van der Waals surface area contributed by atoms with Gasteiger partial charge >= 0.3 is 0 Å². The lowest BCUT2D eigenvalue weighted by Crippen LogP contribution is -2.29. The molecule has 92 valence electrons. The van der Waals surface area contributed by atoms with Gasteiger partial charge in [-0.25, -0.2) is 0 Å². The third kappa shape index (κ3) is 2.86. The lowest BCUT2D eigenvalue weighted by atomic mass is 10.2. The topological polar surface area (TPSA) is 48.0 Å². The van der Waals surface area contributed by atoms with E-state index in [4.69, 9.17) is 18.0 Å². The SMILES string of the molecule is NC(=S)c1cc(Br)cn(Cc2ccccc2)c1=O. The number of nitrogens with two attached hydrogens (primary N) is 1. The summed E-state index contributed by atoms with van der Waals surface area (Å²) in [5, 5.41) is 0. The minimum absolute atomic E-state index is 0.114. The predicted molar refractivity (Wildman–Crippen MR) is 79.8 cm³/mol. The third-order valence-corrected chi connectivity index (χ3v) is 3.17. The van der Waals surface area contributed by atoms with Gasteiger partial charge in [-0.2, -0.15) is 0 Å². The van der Waals surface area contributed by atoms with E-state index in [0.29, 0.717) is 12.1 Å². The first-order valence-corrected chi connectivity index (χ1v) is 6.52. The van der Waals surface area contributed by atoms with Crippen molar-refractivity contribution < 1.29 is 0 Å². The Bertz CT molecular complexity index is 637. The fourth-order valence-corrected chi connectivity index (χ4v) is 2.30. The van der Waals surface area contributed by atoms with Crippen molar-refractivity contribution in [1.82, 2.24) is 4.57 Å². The van der Waals surface area contributed by atoms with Gasteiger partial charge in [-0.15, -0.1) is 0 Å². The molecule has 0 saturated carbocycles. The first-order valence-electron chi connectivity index (χ1n) is 5.31. The molecule has 18 heavy (non-hydrogen) atoms. The number of pyridine rings is 1. The zero-order chi connectivity index (χ0) is 13.1. The summed E-state index contributed by atoms with van der Waals surface area (Å²) in [5.74, 6) is 0. The van der Waals surface area contributed by atoms with E-state index in [-0.39, 0.29) is 10.5 Å². The van der Waals surface area contributed by atoms with Crippen LogP contribution in [-0.2, 0) is 6.54 Å². The second-order valence-electron chi connectivity index (χ2n) is 3.85.